The second kappa shape index (κ2) is 4.93. The smallest absolute Gasteiger partial charge is 0.269 e. The maximum absolute atomic E-state index is 11.7. The summed E-state index contributed by atoms with van der Waals surface area (Å²) in [6, 6.07) is 11.2. The third-order valence-electron chi connectivity index (χ3n) is 2.39. The summed E-state index contributed by atoms with van der Waals surface area (Å²) in [5, 5.41) is 12.7. The summed E-state index contributed by atoms with van der Waals surface area (Å²) in [5.74, 6) is -0.267. The van der Waals surface area contributed by atoms with Gasteiger partial charge < -0.3 is 10.4 Å². The van der Waals surface area contributed by atoms with Gasteiger partial charge in [0, 0.05) is 11.9 Å². The number of aliphatic hydroxyl groups is 1. The number of hydrogen-bond donors (Lipinski definition) is 2. The highest BCUT2D eigenvalue weighted by Crippen LogP contribution is 2.11. The molecule has 0 unspecified atom stereocenters. The number of rotatable bonds is 3. The van der Waals surface area contributed by atoms with Crippen LogP contribution < -0.4 is 5.32 Å². The van der Waals surface area contributed by atoms with Crippen LogP contribution in [0, 0.1) is 0 Å². The van der Waals surface area contributed by atoms with Crippen molar-refractivity contribution in [3.63, 3.8) is 0 Å². The van der Waals surface area contributed by atoms with Crippen molar-refractivity contribution in [1.82, 2.24) is 10.3 Å². The Morgan fingerprint density at radius 3 is 2.88 bits per heavy atom. The van der Waals surface area contributed by atoms with E-state index in [0.29, 0.717) is 5.69 Å². The van der Waals surface area contributed by atoms with Gasteiger partial charge in [-0.05, 0) is 19.1 Å². The molecular weight excluding hydrogens is 216 g/mol. The van der Waals surface area contributed by atoms with Gasteiger partial charge in [-0.15, -0.1) is 0 Å². The first-order chi connectivity index (χ1) is 8.16. The molecule has 1 heterocycles. The van der Waals surface area contributed by atoms with Crippen LogP contribution in [-0.2, 0) is 0 Å². The number of hydrogen-bond acceptors (Lipinski definition) is 3. The Morgan fingerprint density at radius 1 is 1.35 bits per heavy atom. The first kappa shape index (κ1) is 11.5. The fraction of sp³-hybridized carbons (Fsp3) is 0.231. The van der Waals surface area contributed by atoms with Crippen LogP contribution in [0.25, 0.3) is 10.9 Å². The number of aromatic nitrogens is 1. The van der Waals surface area contributed by atoms with Crippen LogP contribution in [0.4, 0.5) is 0 Å². The first-order valence-electron chi connectivity index (χ1n) is 5.49. The molecule has 88 valence electrons. The molecule has 17 heavy (non-hydrogen) atoms. The predicted octanol–water partition coefficient (Wildman–Crippen LogP) is 1.35. The highest BCUT2D eigenvalue weighted by Gasteiger charge is 2.08. The molecule has 1 aromatic heterocycles. The molecule has 2 aromatic rings. The molecule has 0 radical (unpaired) electrons. The van der Waals surface area contributed by atoms with E-state index in [0.717, 1.165) is 10.9 Å². The lowest BCUT2D eigenvalue weighted by Gasteiger charge is -2.07. The van der Waals surface area contributed by atoms with Gasteiger partial charge in [0.1, 0.15) is 5.69 Å². The SMILES string of the molecule is C[C@@H](O)CNC(=O)c1ccc2ccccc2n1. The van der Waals surface area contributed by atoms with Gasteiger partial charge in [-0.3, -0.25) is 4.79 Å². The third kappa shape index (κ3) is 2.79. The molecule has 0 spiro atoms. The average Bonchev–Trinajstić information content (AvgIpc) is 2.35. The molecule has 2 N–H and O–H groups in total. The van der Waals surface area contributed by atoms with Crippen molar-refractivity contribution in [3.05, 3.63) is 42.1 Å². The van der Waals surface area contributed by atoms with E-state index in [2.05, 4.69) is 10.3 Å². The molecule has 4 heteroatoms. The monoisotopic (exact) mass is 230 g/mol. The van der Waals surface area contributed by atoms with Crippen LogP contribution in [-0.4, -0.2) is 28.6 Å². The molecule has 0 fully saturated rings. The normalized spacial score (nSPS) is 12.4. The number of nitrogens with zero attached hydrogens (tertiary/aromatic N) is 1. The third-order valence-corrected chi connectivity index (χ3v) is 2.39. The topological polar surface area (TPSA) is 62.2 Å². The molecule has 0 saturated carbocycles. The minimum absolute atomic E-state index is 0.230. The number of pyridine rings is 1. The number of carbonyl (C=O) groups is 1. The zero-order chi connectivity index (χ0) is 12.3. The summed E-state index contributed by atoms with van der Waals surface area (Å²) in [6.45, 7) is 1.85. The predicted molar refractivity (Wildman–Crippen MR) is 65.8 cm³/mol. The van der Waals surface area contributed by atoms with E-state index in [4.69, 9.17) is 5.11 Å². The molecule has 0 saturated heterocycles. The van der Waals surface area contributed by atoms with Gasteiger partial charge in [0.15, 0.2) is 0 Å². The Balaban J connectivity index is 2.21. The van der Waals surface area contributed by atoms with E-state index < -0.39 is 6.10 Å². The van der Waals surface area contributed by atoms with E-state index in [1.54, 1.807) is 13.0 Å². The van der Waals surface area contributed by atoms with Gasteiger partial charge in [0.05, 0.1) is 11.6 Å². The van der Waals surface area contributed by atoms with Gasteiger partial charge >= 0.3 is 0 Å². The molecule has 1 aromatic carbocycles. The molecule has 0 aliphatic carbocycles. The maximum atomic E-state index is 11.7. The maximum Gasteiger partial charge on any atom is 0.269 e. The molecule has 0 aliphatic heterocycles. The Morgan fingerprint density at radius 2 is 2.12 bits per heavy atom. The zero-order valence-electron chi connectivity index (χ0n) is 9.55. The summed E-state index contributed by atoms with van der Waals surface area (Å²) in [4.78, 5) is 16.0. The van der Waals surface area contributed by atoms with Crippen molar-refractivity contribution in [1.29, 1.82) is 0 Å². The van der Waals surface area contributed by atoms with E-state index in [-0.39, 0.29) is 12.5 Å². The molecule has 2 rings (SSSR count). The Hall–Kier alpha value is -1.94. The lowest BCUT2D eigenvalue weighted by molar-refractivity contribution is 0.0919. The summed E-state index contributed by atoms with van der Waals surface area (Å²) in [5.41, 5.74) is 1.15. The average molecular weight is 230 g/mol. The van der Waals surface area contributed by atoms with Crippen molar-refractivity contribution in [2.75, 3.05) is 6.54 Å². The van der Waals surface area contributed by atoms with Gasteiger partial charge in [-0.25, -0.2) is 4.98 Å². The van der Waals surface area contributed by atoms with Crippen LogP contribution in [0.1, 0.15) is 17.4 Å². The fourth-order valence-electron chi connectivity index (χ4n) is 1.52. The van der Waals surface area contributed by atoms with E-state index in [1.807, 2.05) is 30.3 Å². The highest BCUT2D eigenvalue weighted by molar-refractivity contribution is 5.94. The zero-order valence-corrected chi connectivity index (χ0v) is 9.55. The number of carbonyl (C=O) groups excluding carboxylic acids is 1. The van der Waals surface area contributed by atoms with Crippen LogP contribution in [0.5, 0.6) is 0 Å². The number of fused-ring (bicyclic) bond motifs is 1. The molecule has 4 nitrogen and oxygen atoms in total. The van der Waals surface area contributed by atoms with Crippen molar-refractivity contribution < 1.29 is 9.90 Å². The molecular formula is C13H14N2O2. The van der Waals surface area contributed by atoms with Crippen LogP contribution in [0.3, 0.4) is 0 Å². The van der Waals surface area contributed by atoms with Gasteiger partial charge in [0.25, 0.3) is 5.91 Å². The molecule has 1 amide bonds. The second-order valence-electron chi connectivity index (χ2n) is 3.95. The largest absolute Gasteiger partial charge is 0.392 e. The lowest BCUT2D eigenvalue weighted by Crippen LogP contribution is -2.31. The number of aliphatic hydroxyl groups excluding tert-OH is 1. The Labute approximate surface area is 99.3 Å². The van der Waals surface area contributed by atoms with Crippen LogP contribution >= 0.6 is 0 Å². The van der Waals surface area contributed by atoms with Crippen LogP contribution in [0.15, 0.2) is 36.4 Å². The molecule has 1 atom stereocenters. The van der Waals surface area contributed by atoms with Gasteiger partial charge in [-0.1, -0.05) is 24.3 Å². The number of amides is 1. The summed E-state index contributed by atoms with van der Waals surface area (Å²) in [7, 11) is 0. The Kier molecular flexibility index (Phi) is 3.35. The Bertz CT molecular complexity index is 538. The van der Waals surface area contributed by atoms with Crippen molar-refractivity contribution in [2.45, 2.75) is 13.0 Å². The van der Waals surface area contributed by atoms with Gasteiger partial charge in [-0.2, -0.15) is 0 Å². The van der Waals surface area contributed by atoms with Crippen molar-refractivity contribution in [3.8, 4) is 0 Å². The first-order valence-corrected chi connectivity index (χ1v) is 5.49. The van der Waals surface area contributed by atoms with E-state index in [1.165, 1.54) is 0 Å². The van der Waals surface area contributed by atoms with Crippen LogP contribution in [0.2, 0.25) is 0 Å². The minimum atomic E-state index is -0.556. The number of nitrogens with one attached hydrogen (secondary N) is 1. The molecule has 0 aliphatic rings. The highest BCUT2D eigenvalue weighted by atomic mass is 16.3. The van der Waals surface area contributed by atoms with E-state index in [9.17, 15) is 4.79 Å². The number of benzene rings is 1. The summed E-state index contributed by atoms with van der Waals surface area (Å²) < 4.78 is 0. The second-order valence-corrected chi connectivity index (χ2v) is 3.95. The quantitative estimate of drug-likeness (QED) is 0.836. The van der Waals surface area contributed by atoms with E-state index >= 15 is 0 Å². The minimum Gasteiger partial charge on any atom is -0.392 e. The summed E-state index contributed by atoms with van der Waals surface area (Å²) in [6.07, 6.45) is -0.556. The standard InChI is InChI=1S/C13H14N2O2/c1-9(16)8-14-13(17)12-7-6-10-4-2-3-5-11(10)15-12/h2-7,9,16H,8H2,1H3,(H,14,17)/t9-/m1/s1. The fourth-order valence-corrected chi connectivity index (χ4v) is 1.52. The lowest BCUT2D eigenvalue weighted by atomic mass is 10.2. The summed E-state index contributed by atoms with van der Waals surface area (Å²) >= 11 is 0. The molecule has 0 bridgehead atoms. The van der Waals surface area contributed by atoms with Crippen molar-refractivity contribution >= 4 is 16.8 Å². The van der Waals surface area contributed by atoms with Gasteiger partial charge in [0.2, 0.25) is 0 Å². The number of para-hydroxylation sites is 1. The van der Waals surface area contributed by atoms with Crippen molar-refractivity contribution in [2.24, 2.45) is 0 Å².